The molecule has 0 N–H and O–H groups in total. The zero-order chi connectivity index (χ0) is 40.1. The number of furan rings is 2. The van der Waals surface area contributed by atoms with Crippen LogP contribution in [0.1, 0.15) is 18.2 Å². The zero-order valence-electron chi connectivity index (χ0n) is 33.2. The Morgan fingerprint density at radius 3 is 1.80 bits per heavy atom. The maximum absolute atomic E-state index is 6.63. The molecule has 13 aromatic rings. The maximum atomic E-state index is 6.63. The monoisotopic (exact) mass is 843 g/mol. The number of benzene rings is 8. The van der Waals surface area contributed by atoms with Crippen LogP contribution >= 0.6 is 0 Å². The molecule has 0 atom stereocenters. The fraction of sp³-hybridized carbons (Fsp3) is 0.0182. The van der Waals surface area contributed by atoms with Gasteiger partial charge in [-0.25, -0.2) is 0 Å². The fourth-order valence-corrected chi connectivity index (χ4v) is 22.0. The van der Waals surface area contributed by atoms with Crippen LogP contribution in [0.15, 0.2) is 185 Å². The number of hydrogen-bond acceptors (Lipinski definition) is 2. The normalized spacial score (nSPS) is 13.8. The van der Waals surface area contributed by atoms with E-state index in [1.807, 2.05) is 6.08 Å². The molecule has 286 valence electrons. The van der Waals surface area contributed by atoms with E-state index in [0.29, 0.717) is 0 Å². The van der Waals surface area contributed by atoms with Gasteiger partial charge in [0.25, 0.3) is 0 Å². The predicted octanol–water partition coefficient (Wildman–Crippen LogP) is 13.3. The summed E-state index contributed by atoms with van der Waals surface area (Å²) in [6.45, 7) is 6.27. The van der Waals surface area contributed by atoms with Gasteiger partial charge < -0.3 is 0 Å². The first kappa shape index (κ1) is 33.4. The first-order valence-electron chi connectivity index (χ1n) is 20.9. The molecular formula is C55H35GeN3O2. The molecule has 5 nitrogen and oxygen atoms in total. The quantitative estimate of drug-likeness (QED) is 0.162. The number of nitrogens with zero attached hydrogens (tertiary/aromatic N) is 3. The average molecular weight is 843 g/mol. The van der Waals surface area contributed by atoms with E-state index in [0.717, 1.165) is 55.4 Å². The Morgan fingerprint density at radius 2 is 1.07 bits per heavy atom. The third kappa shape index (κ3) is 3.94. The Bertz CT molecular complexity index is 4040. The van der Waals surface area contributed by atoms with E-state index < -0.39 is 13.7 Å². The molecule has 0 aliphatic carbocycles. The Kier molecular flexibility index (Phi) is 6.48. The van der Waals surface area contributed by atoms with Gasteiger partial charge >= 0.3 is 354 Å². The van der Waals surface area contributed by atoms with Crippen molar-refractivity contribution in [2.75, 3.05) is 0 Å². The molecule has 1 aliphatic rings. The molecule has 1 aliphatic heterocycles. The Balaban J connectivity index is 1.33. The topological polar surface area (TPSA) is 41.1 Å². The predicted molar refractivity (Wildman–Crippen MR) is 257 cm³/mol. The van der Waals surface area contributed by atoms with E-state index in [1.165, 1.54) is 68.7 Å². The summed E-state index contributed by atoms with van der Waals surface area (Å²) in [5, 5.41) is 10.8. The van der Waals surface area contributed by atoms with E-state index in [2.05, 4.69) is 201 Å². The van der Waals surface area contributed by atoms with Crippen LogP contribution in [0.25, 0.3) is 116 Å². The van der Waals surface area contributed by atoms with Gasteiger partial charge in [0.1, 0.15) is 0 Å². The average Bonchev–Trinajstić information content (AvgIpc) is 4.10. The van der Waals surface area contributed by atoms with Crippen molar-refractivity contribution in [2.45, 2.75) is 6.92 Å². The molecule has 14 rings (SSSR count). The second-order valence-electron chi connectivity index (χ2n) is 16.3. The van der Waals surface area contributed by atoms with Crippen molar-refractivity contribution in [3.8, 4) is 5.69 Å². The van der Waals surface area contributed by atoms with Gasteiger partial charge in [-0.1, -0.05) is 0 Å². The summed E-state index contributed by atoms with van der Waals surface area (Å²) in [4.78, 5) is 0. The molecule has 6 heteroatoms. The van der Waals surface area contributed by atoms with Crippen LogP contribution in [-0.2, 0) is 0 Å². The number of hydrogen-bond donors (Lipinski definition) is 0. The van der Waals surface area contributed by atoms with Gasteiger partial charge in [0.2, 0.25) is 0 Å². The summed E-state index contributed by atoms with van der Waals surface area (Å²) in [7, 11) is 0. The van der Waals surface area contributed by atoms with E-state index in [9.17, 15) is 0 Å². The number of aromatic nitrogens is 3. The molecule has 0 amide bonds. The van der Waals surface area contributed by atoms with Gasteiger partial charge in [-0.15, -0.1) is 0 Å². The van der Waals surface area contributed by atoms with Gasteiger partial charge in [-0.05, 0) is 0 Å². The number of allylic oxidation sites excluding steroid dienone is 1. The van der Waals surface area contributed by atoms with Crippen LogP contribution in [0, 0.1) is 0 Å². The summed E-state index contributed by atoms with van der Waals surface area (Å²) in [5.74, 6) is 0.783. The van der Waals surface area contributed by atoms with Crippen LogP contribution in [0.4, 0.5) is 0 Å². The van der Waals surface area contributed by atoms with E-state index in [4.69, 9.17) is 8.83 Å². The summed E-state index contributed by atoms with van der Waals surface area (Å²) < 4.78 is 24.1. The van der Waals surface area contributed by atoms with Crippen molar-refractivity contribution >= 4 is 133 Å². The molecule has 5 aromatic heterocycles. The first-order chi connectivity index (χ1) is 30.2. The molecule has 8 aromatic carbocycles. The van der Waals surface area contributed by atoms with Gasteiger partial charge in [-0.3, -0.25) is 0 Å². The molecular weight excluding hydrogens is 807 g/mol. The summed E-state index contributed by atoms with van der Waals surface area (Å²) in [5.41, 5.74) is 12.1. The summed E-state index contributed by atoms with van der Waals surface area (Å²) in [6, 6.07) is 60.8. The Labute approximate surface area is 352 Å². The molecule has 61 heavy (non-hydrogen) atoms. The minimum absolute atomic E-state index is 0.783. The van der Waals surface area contributed by atoms with Crippen molar-refractivity contribution in [1.29, 1.82) is 0 Å². The SMILES string of the molecule is C=Cc1oc2ccc3c(c4ccc5c6c7c(ccc8c9ccccc9[n](c87)[Ge]([c]7ccccc7)([c]7ccccc7)[n]3c46)n5-c3cccc4oc5ccccc5c34)c2c1/C=C\C. The molecule has 0 saturated heterocycles. The molecule has 0 spiro atoms. The molecule has 0 radical (unpaired) electrons. The molecule has 0 fully saturated rings. The van der Waals surface area contributed by atoms with E-state index in [1.54, 1.807) is 0 Å². The molecule has 0 saturated carbocycles. The Hall–Kier alpha value is -7.48. The van der Waals surface area contributed by atoms with Gasteiger partial charge in [0.15, 0.2) is 0 Å². The minimum atomic E-state index is -4.24. The van der Waals surface area contributed by atoms with Crippen LogP contribution in [0.5, 0.6) is 0 Å². The van der Waals surface area contributed by atoms with Crippen molar-refractivity contribution in [1.82, 2.24) is 11.6 Å². The molecule has 0 bridgehead atoms. The van der Waals surface area contributed by atoms with Crippen molar-refractivity contribution in [3.63, 3.8) is 0 Å². The van der Waals surface area contributed by atoms with Crippen molar-refractivity contribution in [2.24, 2.45) is 0 Å². The third-order valence-corrected chi connectivity index (χ3v) is 22.9. The second kappa shape index (κ2) is 11.8. The standard InChI is InChI=1S/C55H35GeN3O2/c1-3-16-37-45(4-2)60-48-32-31-44-50(51(37)48)39-28-30-43-53-52-42(57(43)41-24-15-26-47-49(41)38-22-12-14-25-46(38)61-47)29-27-36-35-21-11-13-23-40(35)58(54(36)52)56(59(44)55(39)53,33-17-7-5-8-18-33)34-19-9-6-10-20-34/h3-32H,2H2,1H3/b16-3-. The third-order valence-electron chi connectivity index (χ3n) is 13.5. The summed E-state index contributed by atoms with van der Waals surface area (Å²) >= 11 is -4.24. The van der Waals surface area contributed by atoms with Crippen molar-refractivity contribution in [3.05, 3.63) is 188 Å². The van der Waals surface area contributed by atoms with E-state index in [-0.39, 0.29) is 0 Å². The fourth-order valence-electron chi connectivity index (χ4n) is 11.3. The van der Waals surface area contributed by atoms with Crippen LogP contribution in [-0.4, -0.2) is 25.3 Å². The van der Waals surface area contributed by atoms with Crippen LogP contribution in [0.2, 0.25) is 0 Å². The van der Waals surface area contributed by atoms with Crippen LogP contribution < -0.4 is 8.79 Å². The molecule has 6 heterocycles. The number of rotatable bonds is 5. The van der Waals surface area contributed by atoms with Crippen molar-refractivity contribution < 1.29 is 8.83 Å². The van der Waals surface area contributed by atoms with Crippen LogP contribution in [0.3, 0.4) is 0 Å². The second-order valence-corrected chi connectivity index (χ2v) is 23.4. The zero-order valence-corrected chi connectivity index (χ0v) is 35.3. The van der Waals surface area contributed by atoms with Gasteiger partial charge in [-0.2, -0.15) is 0 Å². The van der Waals surface area contributed by atoms with Gasteiger partial charge in [0, 0.05) is 0 Å². The van der Waals surface area contributed by atoms with Gasteiger partial charge in [0.05, 0.1) is 0 Å². The number of para-hydroxylation sites is 2. The Morgan fingerprint density at radius 1 is 0.459 bits per heavy atom. The first-order valence-corrected chi connectivity index (χ1v) is 24.9. The van der Waals surface area contributed by atoms with E-state index >= 15 is 0 Å². The summed E-state index contributed by atoms with van der Waals surface area (Å²) in [6.07, 6.45) is 6.14. The number of fused-ring (bicyclic) bond motifs is 11. The molecule has 0 unspecified atom stereocenters.